The van der Waals surface area contributed by atoms with Gasteiger partial charge in [-0.2, -0.15) is 0 Å². The Morgan fingerprint density at radius 3 is 2.09 bits per heavy atom. The summed E-state index contributed by atoms with van der Waals surface area (Å²) in [5, 5.41) is 7.67. The normalized spacial score (nSPS) is 13.5. The minimum atomic E-state index is 0.505. The average Bonchev–Trinajstić information content (AvgIpc) is 1.98. The molecule has 0 aromatic rings. The molecule has 0 aromatic carbocycles. The van der Waals surface area contributed by atoms with Crippen LogP contribution in [0.5, 0.6) is 0 Å². The lowest BCUT2D eigenvalue weighted by atomic mass is 9.89. The fourth-order valence-electron chi connectivity index (χ4n) is 1.30. The van der Waals surface area contributed by atoms with Crippen LogP contribution in [0.1, 0.15) is 47.0 Å². The lowest BCUT2D eigenvalue weighted by Crippen LogP contribution is -2.13. The molecule has 65 valence electrons. The van der Waals surface area contributed by atoms with Crippen molar-refractivity contribution in [2.75, 3.05) is 0 Å². The molecule has 0 heterocycles. The third-order valence-corrected chi connectivity index (χ3v) is 2.02. The lowest BCUT2D eigenvalue weighted by molar-refractivity contribution is 0.606. The molecule has 1 atom stereocenters. The summed E-state index contributed by atoms with van der Waals surface area (Å²) in [7, 11) is 0. The quantitative estimate of drug-likeness (QED) is 0.586. The van der Waals surface area contributed by atoms with Gasteiger partial charge in [0, 0.05) is 5.71 Å². The predicted molar refractivity (Wildman–Crippen MR) is 51.0 cm³/mol. The second-order valence-electron chi connectivity index (χ2n) is 3.40. The van der Waals surface area contributed by atoms with Crippen molar-refractivity contribution in [3.63, 3.8) is 0 Å². The van der Waals surface area contributed by atoms with Gasteiger partial charge >= 0.3 is 0 Å². The first-order valence-corrected chi connectivity index (χ1v) is 4.48. The van der Waals surface area contributed by atoms with Crippen molar-refractivity contribution in [1.29, 1.82) is 5.41 Å². The van der Waals surface area contributed by atoms with E-state index in [0.29, 0.717) is 5.92 Å². The second-order valence-corrected chi connectivity index (χ2v) is 3.40. The van der Waals surface area contributed by atoms with E-state index in [0.717, 1.165) is 25.0 Å². The van der Waals surface area contributed by atoms with Crippen LogP contribution in [0.15, 0.2) is 0 Å². The molecule has 0 rings (SSSR count). The highest BCUT2D eigenvalue weighted by atomic mass is 14.4. The van der Waals surface area contributed by atoms with Gasteiger partial charge in [0.25, 0.3) is 0 Å². The lowest BCUT2D eigenvalue weighted by Gasteiger charge is -2.16. The molecule has 0 aliphatic rings. The summed E-state index contributed by atoms with van der Waals surface area (Å²) in [4.78, 5) is 0. The third kappa shape index (κ3) is 4.18. The highest BCUT2D eigenvalue weighted by molar-refractivity contribution is 5.83. The van der Waals surface area contributed by atoms with E-state index in [4.69, 9.17) is 5.41 Å². The van der Waals surface area contributed by atoms with Crippen LogP contribution < -0.4 is 0 Å². The molecule has 1 heteroatoms. The Balaban J connectivity index is 3.84. The summed E-state index contributed by atoms with van der Waals surface area (Å²) in [5.41, 5.74) is 0.911. The molecular formula is C10H20N. The van der Waals surface area contributed by atoms with Gasteiger partial charge in [-0.15, -0.1) is 0 Å². The highest BCUT2D eigenvalue weighted by Gasteiger charge is 2.12. The van der Waals surface area contributed by atoms with Crippen LogP contribution >= 0.6 is 0 Å². The maximum atomic E-state index is 7.67. The van der Waals surface area contributed by atoms with E-state index < -0.39 is 0 Å². The molecule has 1 radical (unpaired) electrons. The zero-order valence-electron chi connectivity index (χ0n) is 8.20. The molecular weight excluding hydrogens is 134 g/mol. The van der Waals surface area contributed by atoms with E-state index in [2.05, 4.69) is 27.7 Å². The SMILES string of the molecule is CCC(=N)C(CC)C[C](C)C. The summed E-state index contributed by atoms with van der Waals surface area (Å²) in [6.07, 6.45) is 3.12. The molecule has 1 unspecified atom stereocenters. The first-order chi connectivity index (χ1) is 5.11. The first-order valence-electron chi connectivity index (χ1n) is 4.48. The van der Waals surface area contributed by atoms with Crippen molar-refractivity contribution in [1.82, 2.24) is 0 Å². The van der Waals surface area contributed by atoms with Gasteiger partial charge in [0.15, 0.2) is 0 Å². The topological polar surface area (TPSA) is 23.9 Å². The number of hydrogen-bond donors (Lipinski definition) is 1. The number of nitrogens with one attached hydrogen (secondary N) is 1. The highest BCUT2D eigenvalue weighted by Crippen LogP contribution is 2.18. The van der Waals surface area contributed by atoms with Crippen LogP contribution in [-0.2, 0) is 0 Å². The van der Waals surface area contributed by atoms with Gasteiger partial charge in [-0.1, -0.05) is 27.7 Å². The van der Waals surface area contributed by atoms with E-state index in [1.807, 2.05) is 0 Å². The van der Waals surface area contributed by atoms with Crippen molar-refractivity contribution < 1.29 is 0 Å². The van der Waals surface area contributed by atoms with E-state index in [9.17, 15) is 0 Å². The molecule has 0 spiro atoms. The Bertz CT molecular complexity index is 116. The maximum absolute atomic E-state index is 7.67. The Kier molecular flexibility index (Phi) is 5.18. The summed E-state index contributed by atoms with van der Waals surface area (Å²) in [6.45, 7) is 8.52. The van der Waals surface area contributed by atoms with Crippen LogP contribution in [0.2, 0.25) is 0 Å². The Hall–Kier alpha value is -0.330. The Morgan fingerprint density at radius 2 is 1.82 bits per heavy atom. The summed E-state index contributed by atoms with van der Waals surface area (Å²) < 4.78 is 0. The van der Waals surface area contributed by atoms with Gasteiger partial charge in [-0.3, -0.25) is 0 Å². The number of rotatable bonds is 5. The molecule has 0 aromatic heterocycles. The summed E-state index contributed by atoms with van der Waals surface area (Å²) in [5.74, 6) is 1.94. The average molecular weight is 154 g/mol. The monoisotopic (exact) mass is 154 g/mol. The largest absolute Gasteiger partial charge is 0.309 e. The van der Waals surface area contributed by atoms with Gasteiger partial charge in [0.1, 0.15) is 0 Å². The van der Waals surface area contributed by atoms with Crippen LogP contribution in [0.25, 0.3) is 0 Å². The Labute approximate surface area is 70.7 Å². The fourth-order valence-corrected chi connectivity index (χ4v) is 1.30. The van der Waals surface area contributed by atoms with E-state index >= 15 is 0 Å². The van der Waals surface area contributed by atoms with Gasteiger partial charge in [0.05, 0.1) is 0 Å². The van der Waals surface area contributed by atoms with Gasteiger partial charge in [-0.25, -0.2) is 0 Å². The van der Waals surface area contributed by atoms with Gasteiger partial charge in [-0.05, 0) is 31.1 Å². The number of hydrogen-bond acceptors (Lipinski definition) is 1. The van der Waals surface area contributed by atoms with Crippen molar-refractivity contribution >= 4 is 5.71 Å². The van der Waals surface area contributed by atoms with E-state index in [1.165, 1.54) is 5.92 Å². The van der Waals surface area contributed by atoms with Gasteiger partial charge < -0.3 is 5.41 Å². The minimum absolute atomic E-state index is 0.505. The molecule has 0 saturated heterocycles. The molecule has 1 N–H and O–H groups in total. The molecule has 0 amide bonds. The smallest absolute Gasteiger partial charge is 0.0117 e. The van der Waals surface area contributed by atoms with Crippen LogP contribution in [0.3, 0.4) is 0 Å². The molecule has 0 bridgehead atoms. The van der Waals surface area contributed by atoms with Crippen molar-refractivity contribution in [3.8, 4) is 0 Å². The van der Waals surface area contributed by atoms with E-state index in [1.54, 1.807) is 0 Å². The van der Waals surface area contributed by atoms with Crippen LogP contribution in [0, 0.1) is 17.2 Å². The molecule has 0 saturated carbocycles. The zero-order chi connectivity index (χ0) is 8.85. The Morgan fingerprint density at radius 1 is 1.27 bits per heavy atom. The summed E-state index contributed by atoms with van der Waals surface area (Å²) >= 11 is 0. The van der Waals surface area contributed by atoms with Gasteiger partial charge in [0.2, 0.25) is 0 Å². The van der Waals surface area contributed by atoms with E-state index in [-0.39, 0.29) is 0 Å². The summed E-state index contributed by atoms with van der Waals surface area (Å²) in [6, 6.07) is 0. The standard InChI is InChI=1S/C10H20N/c1-5-9(7-8(3)4)10(11)6-2/h9,11H,5-7H2,1-4H3. The fraction of sp³-hybridized carbons (Fsp3) is 0.800. The second kappa shape index (κ2) is 5.34. The molecule has 0 aliphatic carbocycles. The zero-order valence-corrected chi connectivity index (χ0v) is 8.20. The van der Waals surface area contributed by atoms with Crippen LogP contribution in [-0.4, -0.2) is 5.71 Å². The maximum Gasteiger partial charge on any atom is 0.0117 e. The third-order valence-electron chi connectivity index (χ3n) is 2.02. The predicted octanol–water partition coefficient (Wildman–Crippen LogP) is 3.45. The molecule has 0 aliphatic heterocycles. The molecule has 11 heavy (non-hydrogen) atoms. The van der Waals surface area contributed by atoms with Crippen molar-refractivity contribution in [2.24, 2.45) is 5.92 Å². The first kappa shape index (κ1) is 10.7. The minimum Gasteiger partial charge on any atom is -0.309 e. The van der Waals surface area contributed by atoms with Crippen molar-refractivity contribution in [2.45, 2.75) is 47.0 Å². The van der Waals surface area contributed by atoms with Crippen molar-refractivity contribution in [3.05, 3.63) is 5.92 Å². The van der Waals surface area contributed by atoms with Crippen LogP contribution in [0.4, 0.5) is 0 Å². The molecule has 0 fully saturated rings. The molecule has 1 nitrogen and oxygen atoms in total.